The number of fused-ring (bicyclic) bond motifs is 2. The lowest BCUT2D eigenvalue weighted by atomic mass is 10.0. The molecule has 1 aromatic heterocycles. The van der Waals surface area contributed by atoms with Crippen LogP contribution in [-0.2, 0) is 0 Å². The fraction of sp³-hybridized carbons (Fsp3) is 0.0417. The molecule has 0 amide bonds. The third-order valence-corrected chi connectivity index (χ3v) is 5.12. The minimum atomic E-state index is -0.440. The molecular weight excluding hydrogens is 382 g/mol. The van der Waals surface area contributed by atoms with E-state index in [9.17, 15) is 15.0 Å². The molecule has 6 nitrogen and oxygen atoms in total. The van der Waals surface area contributed by atoms with Gasteiger partial charge in [-0.15, -0.1) is 0 Å². The molecule has 2 heterocycles. The van der Waals surface area contributed by atoms with Crippen molar-refractivity contribution in [3.05, 3.63) is 77.5 Å². The van der Waals surface area contributed by atoms with E-state index in [0.717, 1.165) is 33.8 Å². The maximum Gasteiger partial charge on any atom is 0.235 e. The monoisotopic (exact) mass is 399 g/mol. The molecule has 148 valence electrons. The van der Waals surface area contributed by atoms with E-state index >= 15 is 0 Å². The number of carbonyl (C=O) groups is 1. The van der Waals surface area contributed by atoms with Gasteiger partial charge in [0.1, 0.15) is 28.6 Å². The Bertz CT molecular complexity index is 1350. The van der Waals surface area contributed by atoms with Crippen LogP contribution in [0.1, 0.15) is 15.9 Å². The van der Waals surface area contributed by atoms with Gasteiger partial charge in [0.25, 0.3) is 0 Å². The molecule has 30 heavy (non-hydrogen) atoms. The number of rotatable bonds is 3. The molecule has 0 aliphatic carbocycles. The Hall–Kier alpha value is -4.19. The number of phenolic OH excluding ortho intramolecular Hbond substituents is 2. The van der Waals surface area contributed by atoms with Gasteiger partial charge in [-0.3, -0.25) is 4.79 Å². The van der Waals surface area contributed by atoms with Gasteiger partial charge in [-0.05, 0) is 24.3 Å². The summed E-state index contributed by atoms with van der Waals surface area (Å²) < 4.78 is 11.0. The van der Waals surface area contributed by atoms with Crippen LogP contribution in [0.25, 0.3) is 28.2 Å². The SMILES string of the molecule is COc1cccc(-c2[nH]c3ccccc3c2/C=C2\Oc3cc(O)cc(O)c3C2=O)c1. The minimum absolute atomic E-state index is 0.0434. The lowest BCUT2D eigenvalue weighted by molar-refractivity contribution is 0.101. The van der Waals surface area contributed by atoms with Crippen LogP contribution >= 0.6 is 0 Å². The van der Waals surface area contributed by atoms with E-state index in [1.54, 1.807) is 13.2 Å². The second kappa shape index (κ2) is 6.70. The first-order valence-corrected chi connectivity index (χ1v) is 9.30. The van der Waals surface area contributed by atoms with Crippen LogP contribution in [0.5, 0.6) is 23.0 Å². The van der Waals surface area contributed by atoms with Gasteiger partial charge in [-0.1, -0.05) is 30.3 Å². The highest BCUT2D eigenvalue weighted by molar-refractivity contribution is 6.17. The zero-order valence-electron chi connectivity index (χ0n) is 16.0. The Kier molecular flexibility index (Phi) is 3.99. The molecule has 6 heteroatoms. The van der Waals surface area contributed by atoms with E-state index in [2.05, 4.69) is 4.98 Å². The number of carbonyl (C=O) groups excluding carboxylic acids is 1. The number of aromatic amines is 1. The number of ether oxygens (including phenoxy) is 2. The van der Waals surface area contributed by atoms with Gasteiger partial charge in [0.2, 0.25) is 5.78 Å². The Morgan fingerprint density at radius 3 is 2.70 bits per heavy atom. The summed E-state index contributed by atoms with van der Waals surface area (Å²) in [4.78, 5) is 16.3. The summed E-state index contributed by atoms with van der Waals surface area (Å²) in [6.45, 7) is 0. The van der Waals surface area contributed by atoms with E-state index < -0.39 is 5.78 Å². The molecule has 4 aromatic rings. The van der Waals surface area contributed by atoms with E-state index in [0.29, 0.717) is 5.75 Å². The molecule has 5 rings (SSSR count). The number of allylic oxidation sites excluding steroid dienone is 1. The summed E-state index contributed by atoms with van der Waals surface area (Å²) in [6, 6.07) is 17.8. The van der Waals surface area contributed by atoms with E-state index in [-0.39, 0.29) is 28.6 Å². The Morgan fingerprint density at radius 2 is 1.87 bits per heavy atom. The quantitative estimate of drug-likeness (QED) is 0.428. The first kappa shape index (κ1) is 17.9. The number of methoxy groups -OCH3 is 1. The number of benzene rings is 3. The molecule has 3 N–H and O–H groups in total. The zero-order valence-corrected chi connectivity index (χ0v) is 16.0. The van der Waals surface area contributed by atoms with Crippen molar-refractivity contribution in [2.75, 3.05) is 7.11 Å². The van der Waals surface area contributed by atoms with Gasteiger partial charge in [0.05, 0.1) is 12.8 Å². The van der Waals surface area contributed by atoms with Crippen molar-refractivity contribution in [2.45, 2.75) is 0 Å². The van der Waals surface area contributed by atoms with Gasteiger partial charge in [0.15, 0.2) is 5.76 Å². The van der Waals surface area contributed by atoms with Crippen molar-refractivity contribution in [2.24, 2.45) is 0 Å². The maximum absolute atomic E-state index is 12.9. The highest BCUT2D eigenvalue weighted by Gasteiger charge is 2.32. The molecule has 0 atom stereocenters. The molecule has 1 aliphatic rings. The number of Topliss-reactive ketones (excluding diaryl/α,β-unsaturated/α-hetero) is 1. The van der Waals surface area contributed by atoms with Crippen LogP contribution < -0.4 is 9.47 Å². The zero-order chi connectivity index (χ0) is 20.8. The fourth-order valence-corrected chi connectivity index (χ4v) is 3.73. The molecule has 0 radical (unpaired) electrons. The largest absolute Gasteiger partial charge is 0.508 e. The van der Waals surface area contributed by atoms with E-state index in [1.165, 1.54) is 6.07 Å². The summed E-state index contributed by atoms with van der Waals surface area (Å²) in [5.74, 6) is -0.0174. The van der Waals surface area contributed by atoms with E-state index in [1.807, 2.05) is 48.5 Å². The topological polar surface area (TPSA) is 91.8 Å². The van der Waals surface area contributed by atoms with Crippen molar-refractivity contribution < 1.29 is 24.5 Å². The second-order valence-electron chi connectivity index (χ2n) is 6.97. The van der Waals surface area contributed by atoms with Crippen LogP contribution in [-0.4, -0.2) is 28.1 Å². The van der Waals surface area contributed by atoms with E-state index in [4.69, 9.17) is 9.47 Å². The number of aromatic hydroxyl groups is 2. The van der Waals surface area contributed by atoms with Gasteiger partial charge in [-0.2, -0.15) is 0 Å². The van der Waals surface area contributed by atoms with Crippen LogP contribution in [0, 0.1) is 0 Å². The van der Waals surface area contributed by atoms with Gasteiger partial charge < -0.3 is 24.7 Å². The van der Waals surface area contributed by atoms with Crippen LogP contribution in [0.3, 0.4) is 0 Å². The number of hydrogen-bond donors (Lipinski definition) is 3. The van der Waals surface area contributed by atoms with Crippen molar-refractivity contribution >= 4 is 22.8 Å². The number of phenols is 2. The number of aromatic nitrogens is 1. The lowest BCUT2D eigenvalue weighted by Crippen LogP contribution is -1.98. The summed E-state index contributed by atoms with van der Waals surface area (Å²) in [7, 11) is 1.61. The van der Waals surface area contributed by atoms with Crippen LogP contribution in [0.4, 0.5) is 0 Å². The summed E-state index contributed by atoms with van der Waals surface area (Å²) >= 11 is 0. The Morgan fingerprint density at radius 1 is 1.03 bits per heavy atom. The van der Waals surface area contributed by atoms with Crippen molar-refractivity contribution in [1.82, 2.24) is 4.98 Å². The van der Waals surface area contributed by atoms with Gasteiger partial charge >= 0.3 is 0 Å². The predicted octanol–water partition coefficient (Wildman–Crippen LogP) is 4.87. The van der Waals surface area contributed by atoms with Gasteiger partial charge in [0, 0.05) is 34.2 Å². The molecule has 3 aromatic carbocycles. The first-order chi connectivity index (χ1) is 14.5. The van der Waals surface area contributed by atoms with Crippen molar-refractivity contribution in [3.8, 4) is 34.3 Å². The highest BCUT2D eigenvalue weighted by atomic mass is 16.5. The van der Waals surface area contributed by atoms with Crippen molar-refractivity contribution in [1.29, 1.82) is 0 Å². The van der Waals surface area contributed by atoms with Crippen LogP contribution in [0.2, 0.25) is 0 Å². The smallest absolute Gasteiger partial charge is 0.235 e. The first-order valence-electron chi connectivity index (χ1n) is 9.30. The van der Waals surface area contributed by atoms with Gasteiger partial charge in [-0.25, -0.2) is 0 Å². The molecule has 0 unspecified atom stereocenters. The third-order valence-electron chi connectivity index (χ3n) is 5.12. The summed E-state index contributed by atoms with van der Waals surface area (Å²) in [6.07, 6.45) is 1.66. The number of para-hydroxylation sites is 1. The molecule has 1 aliphatic heterocycles. The fourth-order valence-electron chi connectivity index (χ4n) is 3.73. The molecule has 0 bridgehead atoms. The lowest BCUT2D eigenvalue weighted by Gasteiger charge is -2.05. The molecule has 0 saturated carbocycles. The highest BCUT2D eigenvalue weighted by Crippen LogP contribution is 2.42. The molecule has 0 saturated heterocycles. The molecule has 0 spiro atoms. The Balaban J connectivity index is 1.70. The predicted molar refractivity (Wildman–Crippen MR) is 113 cm³/mol. The normalized spacial score (nSPS) is 14.2. The summed E-state index contributed by atoms with van der Waals surface area (Å²) in [5, 5.41) is 20.7. The minimum Gasteiger partial charge on any atom is -0.508 e. The standard InChI is InChI=1S/C24H17NO5/c1-29-15-6-4-5-13(9-15)23-17(16-7-2-3-8-18(16)25-23)12-21-24(28)22-19(27)10-14(26)11-20(22)30-21/h2-12,25-27H,1H3/b21-12-. The number of hydrogen-bond acceptors (Lipinski definition) is 5. The molecular formula is C24H17NO5. The number of H-pyrrole nitrogens is 1. The maximum atomic E-state index is 12.9. The second-order valence-corrected chi connectivity index (χ2v) is 6.97. The van der Waals surface area contributed by atoms with Crippen molar-refractivity contribution in [3.63, 3.8) is 0 Å². The Labute approximate surface area is 171 Å². The molecule has 0 fully saturated rings. The number of ketones is 1. The average molecular weight is 399 g/mol. The average Bonchev–Trinajstić information content (AvgIpc) is 3.26. The number of nitrogens with one attached hydrogen (secondary N) is 1. The third kappa shape index (κ3) is 2.78. The van der Waals surface area contributed by atoms with Crippen LogP contribution in [0.15, 0.2) is 66.4 Å². The summed E-state index contributed by atoms with van der Waals surface area (Å²) in [5.41, 5.74) is 3.43.